The van der Waals surface area contributed by atoms with Crippen molar-refractivity contribution in [3.8, 4) is 5.75 Å². The zero-order valence-corrected chi connectivity index (χ0v) is 17.0. The molecule has 156 valence electrons. The normalized spacial score (nSPS) is 18.6. The van der Waals surface area contributed by atoms with Crippen LogP contribution in [0.2, 0.25) is 10.0 Å². The van der Waals surface area contributed by atoms with Gasteiger partial charge in [0.2, 0.25) is 5.95 Å². The lowest BCUT2D eigenvalue weighted by molar-refractivity contribution is -0.274. The fraction of sp³-hybridized carbons (Fsp3) is 0.200. The van der Waals surface area contributed by atoms with Gasteiger partial charge in [-0.15, -0.1) is 13.2 Å². The number of hydrogen-bond donors (Lipinski definition) is 0. The third-order valence-electron chi connectivity index (χ3n) is 4.83. The summed E-state index contributed by atoms with van der Waals surface area (Å²) < 4.78 is 42.7. The van der Waals surface area contributed by atoms with E-state index in [1.54, 1.807) is 42.1 Å². The summed E-state index contributed by atoms with van der Waals surface area (Å²) in [5.41, 5.74) is 0.0844. The van der Waals surface area contributed by atoms with Crippen LogP contribution < -0.4 is 9.64 Å². The highest BCUT2D eigenvalue weighted by atomic mass is 35.5. The second-order valence-corrected chi connectivity index (χ2v) is 7.88. The van der Waals surface area contributed by atoms with Crippen LogP contribution in [-0.4, -0.2) is 21.8 Å². The van der Waals surface area contributed by atoms with Gasteiger partial charge in [0, 0.05) is 28.9 Å². The summed E-state index contributed by atoms with van der Waals surface area (Å²) >= 11 is 12.2. The van der Waals surface area contributed by atoms with E-state index in [-0.39, 0.29) is 18.1 Å². The maximum absolute atomic E-state index is 13.4. The van der Waals surface area contributed by atoms with Gasteiger partial charge in [-0.05, 0) is 42.8 Å². The van der Waals surface area contributed by atoms with Crippen molar-refractivity contribution in [1.29, 1.82) is 0 Å². The van der Waals surface area contributed by atoms with Crippen LogP contribution in [0.25, 0.3) is 0 Å². The molecule has 2 aromatic carbocycles. The molecule has 1 atom stereocenters. The van der Waals surface area contributed by atoms with Crippen LogP contribution in [0.15, 0.2) is 54.9 Å². The fourth-order valence-corrected chi connectivity index (χ4v) is 4.06. The van der Waals surface area contributed by atoms with E-state index in [1.165, 1.54) is 29.2 Å². The first-order valence-corrected chi connectivity index (χ1v) is 9.52. The number of carbonyl (C=O) groups excluding carboxylic acids is 1. The first kappa shape index (κ1) is 20.6. The lowest BCUT2D eigenvalue weighted by atomic mass is 9.92. The van der Waals surface area contributed by atoms with Crippen LogP contribution >= 0.6 is 23.2 Å². The maximum Gasteiger partial charge on any atom is 0.573 e. The van der Waals surface area contributed by atoms with Crippen LogP contribution in [0.3, 0.4) is 0 Å². The average Bonchev–Trinajstić information content (AvgIpc) is 3.17. The van der Waals surface area contributed by atoms with Gasteiger partial charge < -0.3 is 9.30 Å². The van der Waals surface area contributed by atoms with Crippen molar-refractivity contribution in [2.75, 3.05) is 4.90 Å². The molecule has 0 unspecified atom stereocenters. The predicted molar refractivity (Wildman–Crippen MR) is 106 cm³/mol. The molecule has 1 aromatic heterocycles. The number of carbonyl (C=O) groups is 1. The molecule has 0 N–H and O–H groups in total. The second-order valence-electron chi connectivity index (χ2n) is 7.01. The molecule has 5 nitrogen and oxygen atoms in total. The largest absolute Gasteiger partial charge is 0.573 e. The van der Waals surface area contributed by atoms with Gasteiger partial charge in [0.05, 0.1) is 5.69 Å². The minimum absolute atomic E-state index is 0.228. The Morgan fingerprint density at radius 2 is 1.73 bits per heavy atom. The molecule has 1 aliphatic heterocycles. The number of rotatable bonds is 4. The lowest BCUT2D eigenvalue weighted by Crippen LogP contribution is -2.40. The van der Waals surface area contributed by atoms with Crippen molar-refractivity contribution >= 4 is 40.7 Å². The summed E-state index contributed by atoms with van der Waals surface area (Å²) in [5.74, 6) is -0.190. The molecular formula is C20H14Cl2F3N3O2. The summed E-state index contributed by atoms with van der Waals surface area (Å²) in [6.07, 6.45) is -1.29. The molecule has 0 saturated heterocycles. The molecule has 4 rings (SSSR count). The zero-order valence-electron chi connectivity index (χ0n) is 15.5. The number of amides is 1. The Morgan fingerprint density at radius 3 is 2.33 bits per heavy atom. The molecule has 0 bridgehead atoms. The Kier molecular flexibility index (Phi) is 4.94. The van der Waals surface area contributed by atoms with Crippen LogP contribution in [0, 0.1) is 0 Å². The monoisotopic (exact) mass is 455 g/mol. The summed E-state index contributed by atoms with van der Waals surface area (Å²) in [6.45, 7) is 1.74. The summed E-state index contributed by atoms with van der Waals surface area (Å²) in [4.78, 5) is 19.2. The minimum Gasteiger partial charge on any atom is -0.406 e. The smallest absolute Gasteiger partial charge is 0.406 e. The molecule has 1 aliphatic rings. The van der Waals surface area contributed by atoms with Gasteiger partial charge >= 0.3 is 6.36 Å². The lowest BCUT2D eigenvalue weighted by Gasteiger charge is -2.25. The zero-order chi connectivity index (χ0) is 21.7. The SMILES string of the molecule is C[C@@]1(Cc2ccc(OC(F)(F)F)cc2)C(=O)N(c2cc(Cl)cc(Cl)c2)c2nccn21. The number of ether oxygens (including phenoxy) is 1. The van der Waals surface area contributed by atoms with Crippen LogP contribution in [-0.2, 0) is 16.8 Å². The quantitative estimate of drug-likeness (QED) is 0.504. The van der Waals surface area contributed by atoms with E-state index in [2.05, 4.69) is 9.72 Å². The van der Waals surface area contributed by atoms with E-state index in [0.717, 1.165) is 0 Å². The molecule has 0 aliphatic carbocycles. The third-order valence-corrected chi connectivity index (χ3v) is 5.26. The van der Waals surface area contributed by atoms with Crippen molar-refractivity contribution in [2.24, 2.45) is 0 Å². The molecule has 30 heavy (non-hydrogen) atoms. The van der Waals surface area contributed by atoms with E-state index in [1.807, 2.05) is 0 Å². The van der Waals surface area contributed by atoms with E-state index < -0.39 is 11.9 Å². The van der Waals surface area contributed by atoms with Crippen molar-refractivity contribution < 1.29 is 22.7 Å². The summed E-state index contributed by atoms with van der Waals surface area (Å²) in [7, 11) is 0. The van der Waals surface area contributed by atoms with Gasteiger partial charge in [-0.2, -0.15) is 0 Å². The van der Waals surface area contributed by atoms with Gasteiger partial charge in [0.1, 0.15) is 11.3 Å². The van der Waals surface area contributed by atoms with Crippen molar-refractivity contribution in [2.45, 2.75) is 25.2 Å². The molecular weight excluding hydrogens is 442 g/mol. The Balaban J connectivity index is 1.66. The predicted octanol–water partition coefficient (Wildman–Crippen LogP) is 5.72. The minimum atomic E-state index is -4.76. The number of alkyl halides is 3. The molecule has 2 heterocycles. The third kappa shape index (κ3) is 3.73. The number of hydrogen-bond acceptors (Lipinski definition) is 3. The van der Waals surface area contributed by atoms with Crippen molar-refractivity contribution in [1.82, 2.24) is 9.55 Å². The number of fused-ring (bicyclic) bond motifs is 1. The summed E-state index contributed by atoms with van der Waals surface area (Å²) in [5, 5.41) is 0.745. The highest BCUT2D eigenvalue weighted by Crippen LogP contribution is 2.42. The molecule has 0 saturated carbocycles. The first-order valence-electron chi connectivity index (χ1n) is 8.76. The average molecular weight is 456 g/mol. The highest BCUT2D eigenvalue weighted by Gasteiger charge is 2.48. The van der Waals surface area contributed by atoms with E-state index in [9.17, 15) is 18.0 Å². The van der Waals surface area contributed by atoms with Gasteiger partial charge in [-0.3, -0.25) is 4.79 Å². The topological polar surface area (TPSA) is 47.4 Å². The van der Waals surface area contributed by atoms with Crippen LogP contribution in [0.4, 0.5) is 24.8 Å². The van der Waals surface area contributed by atoms with E-state index in [4.69, 9.17) is 23.2 Å². The van der Waals surface area contributed by atoms with Crippen LogP contribution in [0.1, 0.15) is 12.5 Å². The summed E-state index contributed by atoms with van der Waals surface area (Å²) in [6, 6.07) is 10.2. The van der Waals surface area contributed by atoms with Gasteiger partial charge in [-0.1, -0.05) is 35.3 Å². The molecule has 0 radical (unpaired) electrons. The van der Waals surface area contributed by atoms with Gasteiger partial charge in [-0.25, -0.2) is 9.88 Å². The number of benzene rings is 2. The fourth-order valence-electron chi connectivity index (χ4n) is 3.55. The Bertz CT molecular complexity index is 1090. The number of halogens is 5. The number of anilines is 2. The number of imidazole rings is 1. The van der Waals surface area contributed by atoms with Gasteiger partial charge in [0.25, 0.3) is 5.91 Å². The van der Waals surface area contributed by atoms with E-state index in [0.29, 0.717) is 27.2 Å². The molecule has 0 fully saturated rings. The molecule has 1 amide bonds. The Hall–Kier alpha value is -2.71. The maximum atomic E-state index is 13.4. The van der Waals surface area contributed by atoms with Crippen LogP contribution in [0.5, 0.6) is 5.75 Å². The standard InChI is InChI=1S/C20H14Cl2F3N3O2/c1-19(11-12-2-4-16(5-3-12)30-20(23,24)25)17(29)28(18-26-6-7-27(18)19)15-9-13(21)8-14(22)10-15/h2-10H,11H2,1H3/t19-/m1/s1. The van der Waals surface area contributed by atoms with Gasteiger partial charge in [0.15, 0.2) is 0 Å². The van der Waals surface area contributed by atoms with Crippen molar-refractivity contribution in [3.63, 3.8) is 0 Å². The Labute approximate surface area is 179 Å². The molecule has 3 aromatic rings. The number of nitrogens with zero attached hydrogens (tertiary/aromatic N) is 3. The molecule has 0 spiro atoms. The second kappa shape index (κ2) is 7.21. The van der Waals surface area contributed by atoms with E-state index >= 15 is 0 Å². The number of aromatic nitrogens is 2. The molecule has 10 heteroatoms. The Morgan fingerprint density at radius 1 is 1.10 bits per heavy atom. The first-order chi connectivity index (χ1) is 14.1. The highest BCUT2D eigenvalue weighted by molar-refractivity contribution is 6.35. The van der Waals surface area contributed by atoms with Crippen molar-refractivity contribution in [3.05, 3.63) is 70.5 Å².